The average Bonchev–Trinajstić information content (AvgIpc) is 3.09. The lowest BCUT2D eigenvalue weighted by molar-refractivity contribution is -0.117. The standard InChI is InChI=1S/C16H21N5O2S/c1-2-23-14-6-4-3-5-13(14)21-9-7-20(8-10-21)11-15(22)18-16-19-17-12-24-16/h3-6,12H,2,7-11H2,1H3,(H,18,19,22). The Morgan fingerprint density at radius 1 is 1.29 bits per heavy atom. The lowest BCUT2D eigenvalue weighted by Gasteiger charge is -2.36. The first-order valence-electron chi connectivity index (χ1n) is 8.01. The van der Waals surface area contributed by atoms with E-state index in [1.807, 2.05) is 25.1 Å². The molecule has 0 aliphatic carbocycles. The van der Waals surface area contributed by atoms with Crippen LogP contribution in [0.3, 0.4) is 0 Å². The average molecular weight is 347 g/mol. The van der Waals surface area contributed by atoms with Gasteiger partial charge in [-0.25, -0.2) is 0 Å². The number of anilines is 2. The molecule has 24 heavy (non-hydrogen) atoms. The molecule has 1 aliphatic rings. The normalized spacial score (nSPS) is 15.3. The SMILES string of the molecule is CCOc1ccccc1N1CCN(CC(=O)Nc2nncs2)CC1. The molecule has 2 aromatic rings. The van der Waals surface area contributed by atoms with Crippen molar-refractivity contribution in [2.24, 2.45) is 0 Å². The monoisotopic (exact) mass is 347 g/mol. The summed E-state index contributed by atoms with van der Waals surface area (Å²) >= 11 is 1.32. The maximum absolute atomic E-state index is 12.0. The van der Waals surface area contributed by atoms with Crippen molar-refractivity contribution in [2.75, 3.05) is 49.5 Å². The molecule has 3 rings (SSSR count). The van der Waals surface area contributed by atoms with E-state index in [1.165, 1.54) is 11.3 Å². The quantitative estimate of drug-likeness (QED) is 0.858. The first-order valence-corrected chi connectivity index (χ1v) is 8.89. The number of piperazine rings is 1. The van der Waals surface area contributed by atoms with Crippen molar-refractivity contribution < 1.29 is 9.53 Å². The van der Waals surface area contributed by atoms with E-state index < -0.39 is 0 Å². The van der Waals surface area contributed by atoms with E-state index in [0.29, 0.717) is 18.3 Å². The van der Waals surface area contributed by atoms with Crippen LogP contribution >= 0.6 is 11.3 Å². The van der Waals surface area contributed by atoms with Crippen LogP contribution in [0.4, 0.5) is 10.8 Å². The fourth-order valence-corrected chi connectivity index (χ4v) is 3.19. The van der Waals surface area contributed by atoms with Crippen LogP contribution < -0.4 is 15.0 Å². The molecule has 0 saturated carbocycles. The molecule has 128 valence electrons. The van der Waals surface area contributed by atoms with E-state index in [0.717, 1.165) is 37.6 Å². The van der Waals surface area contributed by atoms with Gasteiger partial charge in [-0.15, -0.1) is 10.2 Å². The summed E-state index contributed by atoms with van der Waals surface area (Å²) in [6.45, 7) is 6.44. The molecule has 0 unspecified atom stereocenters. The number of carbonyl (C=O) groups is 1. The van der Waals surface area contributed by atoms with Crippen LogP contribution in [-0.4, -0.2) is 60.3 Å². The molecule has 1 amide bonds. The molecular formula is C16H21N5O2S. The lowest BCUT2D eigenvalue weighted by atomic mass is 10.2. The molecule has 1 fully saturated rings. The van der Waals surface area contributed by atoms with E-state index in [1.54, 1.807) is 5.51 Å². The van der Waals surface area contributed by atoms with E-state index in [-0.39, 0.29) is 5.91 Å². The fraction of sp³-hybridized carbons (Fsp3) is 0.438. The van der Waals surface area contributed by atoms with Crippen molar-refractivity contribution in [2.45, 2.75) is 6.92 Å². The summed E-state index contributed by atoms with van der Waals surface area (Å²) < 4.78 is 5.71. The number of hydrogen-bond acceptors (Lipinski definition) is 7. The van der Waals surface area contributed by atoms with Crippen LogP contribution in [0.15, 0.2) is 29.8 Å². The lowest BCUT2D eigenvalue weighted by Crippen LogP contribution is -2.48. The van der Waals surface area contributed by atoms with Crippen molar-refractivity contribution in [1.82, 2.24) is 15.1 Å². The summed E-state index contributed by atoms with van der Waals surface area (Å²) in [5.41, 5.74) is 2.72. The number of nitrogens with one attached hydrogen (secondary N) is 1. The van der Waals surface area contributed by atoms with E-state index in [2.05, 4.69) is 31.4 Å². The Labute approximate surface area is 145 Å². The predicted octanol–water partition coefficient (Wildman–Crippen LogP) is 1.70. The minimum absolute atomic E-state index is 0.0464. The summed E-state index contributed by atoms with van der Waals surface area (Å²) in [5.74, 6) is 0.873. The molecule has 7 nitrogen and oxygen atoms in total. The van der Waals surface area contributed by atoms with Crippen molar-refractivity contribution in [3.63, 3.8) is 0 Å². The molecule has 1 aromatic heterocycles. The number of benzene rings is 1. The third-order valence-electron chi connectivity index (χ3n) is 3.85. The highest BCUT2D eigenvalue weighted by Crippen LogP contribution is 2.28. The number of hydrogen-bond donors (Lipinski definition) is 1. The van der Waals surface area contributed by atoms with Crippen molar-refractivity contribution in [3.8, 4) is 5.75 Å². The number of ether oxygens (including phenoxy) is 1. The maximum atomic E-state index is 12.0. The number of rotatable bonds is 6. The third kappa shape index (κ3) is 4.21. The van der Waals surface area contributed by atoms with E-state index >= 15 is 0 Å². The molecule has 1 N–H and O–H groups in total. The Hall–Kier alpha value is -2.19. The van der Waals surface area contributed by atoms with E-state index in [4.69, 9.17) is 4.74 Å². The van der Waals surface area contributed by atoms with Gasteiger partial charge in [-0.2, -0.15) is 0 Å². The number of para-hydroxylation sites is 2. The van der Waals surface area contributed by atoms with Crippen LogP contribution in [0.25, 0.3) is 0 Å². The summed E-state index contributed by atoms with van der Waals surface area (Å²) in [4.78, 5) is 16.5. The van der Waals surface area contributed by atoms with Gasteiger partial charge in [0.2, 0.25) is 11.0 Å². The minimum Gasteiger partial charge on any atom is -0.492 e. The van der Waals surface area contributed by atoms with Gasteiger partial charge in [-0.05, 0) is 19.1 Å². The third-order valence-corrected chi connectivity index (χ3v) is 4.46. The topological polar surface area (TPSA) is 70.6 Å². The molecule has 0 spiro atoms. The maximum Gasteiger partial charge on any atom is 0.240 e. The van der Waals surface area contributed by atoms with Crippen molar-refractivity contribution >= 4 is 28.1 Å². The Morgan fingerprint density at radius 3 is 2.79 bits per heavy atom. The van der Waals surface area contributed by atoms with Gasteiger partial charge in [0, 0.05) is 26.2 Å². The highest BCUT2D eigenvalue weighted by Gasteiger charge is 2.21. The first-order chi connectivity index (χ1) is 11.8. The van der Waals surface area contributed by atoms with Crippen LogP contribution in [0.5, 0.6) is 5.75 Å². The Bertz CT molecular complexity index is 656. The van der Waals surface area contributed by atoms with Crippen LogP contribution in [-0.2, 0) is 4.79 Å². The molecule has 1 saturated heterocycles. The van der Waals surface area contributed by atoms with Gasteiger partial charge in [0.25, 0.3) is 0 Å². The van der Waals surface area contributed by atoms with Gasteiger partial charge in [0.1, 0.15) is 11.3 Å². The number of nitrogens with zero attached hydrogens (tertiary/aromatic N) is 4. The summed E-state index contributed by atoms with van der Waals surface area (Å²) in [5, 5.41) is 10.8. The zero-order valence-corrected chi connectivity index (χ0v) is 14.5. The summed E-state index contributed by atoms with van der Waals surface area (Å²) in [6, 6.07) is 8.10. The molecule has 1 aliphatic heterocycles. The molecule has 0 bridgehead atoms. The van der Waals surface area contributed by atoms with Gasteiger partial charge in [0.05, 0.1) is 18.8 Å². The zero-order chi connectivity index (χ0) is 16.8. The summed E-state index contributed by atoms with van der Waals surface area (Å²) in [6.07, 6.45) is 0. The Morgan fingerprint density at radius 2 is 2.08 bits per heavy atom. The summed E-state index contributed by atoms with van der Waals surface area (Å²) in [7, 11) is 0. The number of carbonyl (C=O) groups excluding carboxylic acids is 1. The molecule has 8 heteroatoms. The Kier molecular flexibility index (Phi) is 5.60. The van der Waals surface area contributed by atoms with Crippen LogP contribution in [0.1, 0.15) is 6.92 Å². The second-order valence-corrected chi connectivity index (χ2v) is 6.29. The smallest absolute Gasteiger partial charge is 0.240 e. The highest BCUT2D eigenvalue weighted by atomic mass is 32.1. The van der Waals surface area contributed by atoms with Crippen molar-refractivity contribution in [1.29, 1.82) is 0 Å². The predicted molar refractivity (Wildman–Crippen MR) is 94.8 cm³/mol. The largest absolute Gasteiger partial charge is 0.492 e. The molecule has 2 heterocycles. The van der Waals surface area contributed by atoms with Gasteiger partial charge >= 0.3 is 0 Å². The fourth-order valence-electron chi connectivity index (χ4n) is 2.73. The van der Waals surface area contributed by atoms with Gasteiger partial charge in [0.15, 0.2) is 0 Å². The Balaban J connectivity index is 1.51. The minimum atomic E-state index is -0.0464. The van der Waals surface area contributed by atoms with Crippen LogP contribution in [0, 0.1) is 0 Å². The second-order valence-electron chi connectivity index (χ2n) is 5.46. The number of aromatic nitrogens is 2. The molecule has 0 radical (unpaired) electrons. The molecule has 1 aromatic carbocycles. The second kappa shape index (κ2) is 8.07. The zero-order valence-electron chi connectivity index (χ0n) is 13.6. The van der Waals surface area contributed by atoms with Gasteiger partial charge in [-0.1, -0.05) is 23.5 Å². The first kappa shape index (κ1) is 16.7. The molecule has 0 atom stereocenters. The highest BCUT2D eigenvalue weighted by molar-refractivity contribution is 7.13. The van der Waals surface area contributed by atoms with Gasteiger partial charge < -0.3 is 9.64 Å². The van der Waals surface area contributed by atoms with Gasteiger partial charge in [-0.3, -0.25) is 15.0 Å². The van der Waals surface area contributed by atoms with Crippen molar-refractivity contribution in [3.05, 3.63) is 29.8 Å². The van der Waals surface area contributed by atoms with E-state index in [9.17, 15) is 4.79 Å². The number of amides is 1. The van der Waals surface area contributed by atoms with Crippen LogP contribution in [0.2, 0.25) is 0 Å². The molecular weight excluding hydrogens is 326 g/mol.